The second-order valence-corrected chi connectivity index (χ2v) is 19.8. The van der Waals surface area contributed by atoms with E-state index < -0.39 is 25.3 Å². The van der Waals surface area contributed by atoms with E-state index in [-0.39, 0.29) is 0 Å². The molecule has 0 aromatic carbocycles. The summed E-state index contributed by atoms with van der Waals surface area (Å²) in [5.41, 5.74) is 0. The molecule has 0 heterocycles. The molecule has 110 valence electrons. The number of nitrogens with zero attached hydrogens (tertiary/aromatic N) is 1. The summed E-state index contributed by atoms with van der Waals surface area (Å²) in [4.78, 5) is 0. The van der Waals surface area contributed by atoms with Gasteiger partial charge in [-0.2, -0.15) is 0 Å². The van der Waals surface area contributed by atoms with Gasteiger partial charge in [-0.1, -0.05) is 39.3 Å². The van der Waals surface area contributed by atoms with Gasteiger partial charge in [-0.25, -0.2) is 0 Å². The van der Waals surface area contributed by atoms with Crippen molar-refractivity contribution in [3.63, 3.8) is 0 Å². The van der Waals surface area contributed by atoms with Crippen LogP contribution in [0.25, 0.3) is 0 Å². The van der Waals surface area contributed by atoms with E-state index in [0.29, 0.717) is 0 Å². The van der Waals surface area contributed by atoms with E-state index in [2.05, 4.69) is 43.5 Å². The lowest BCUT2D eigenvalue weighted by atomic mass is 10.8. The first kappa shape index (κ1) is 18.5. The maximum absolute atomic E-state index is 5.51. The van der Waals surface area contributed by atoms with Crippen molar-refractivity contribution < 1.29 is 13.3 Å². The van der Waals surface area contributed by atoms with Crippen LogP contribution in [0.2, 0.25) is 45.3 Å². The third kappa shape index (κ3) is 5.24. The molecule has 7 heteroatoms. The Labute approximate surface area is 116 Å². The van der Waals surface area contributed by atoms with Gasteiger partial charge < -0.3 is 17.5 Å². The van der Waals surface area contributed by atoms with Crippen molar-refractivity contribution in [2.24, 2.45) is 0 Å². The highest BCUT2D eigenvalue weighted by Gasteiger charge is 2.41. The average Bonchev–Trinajstić information content (AvgIpc) is 2.21. The molecule has 0 aromatic heterocycles. The molecule has 0 N–H and O–H groups in total. The van der Waals surface area contributed by atoms with Crippen LogP contribution in [-0.4, -0.2) is 57.4 Å². The van der Waals surface area contributed by atoms with E-state index in [1.165, 1.54) is 0 Å². The summed E-state index contributed by atoms with van der Waals surface area (Å²) in [6.45, 7) is 15.4. The Hall–Kier alpha value is 0.491. The van der Waals surface area contributed by atoms with Crippen LogP contribution in [0.15, 0.2) is 0 Å². The Morgan fingerprint density at radius 2 is 1.06 bits per heavy atom. The number of rotatable bonds is 8. The van der Waals surface area contributed by atoms with Crippen molar-refractivity contribution in [2.75, 3.05) is 27.9 Å². The standard InChI is InChI=1S/C11H31NO3Si3/c1-13-18(14-2,15-3)11-10-12(16(4,5)6)17(7,8)9/h10-11H2,1-9H3. The third-order valence-corrected chi connectivity index (χ3v) is 13.6. The van der Waals surface area contributed by atoms with Crippen LogP contribution in [0.3, 0.4) is 0 Å². The molecular weight excluding hydrogens is 278 g/mol. The van der Waals surface area contributed by atoms with Crippen molar-refractivity contribution in [3.05, 3.63) is 0 Å². The molecule has 0 rings (SSSR count). The predicted octanol–water partition coefficient (Wildman–Crippen LogP) is 2.84. The Morgan fingerprint density at radius 3 is 1.28 bits per heavy atom. The number of hydrogen-bond acceptors (Lipinski definition) is 4. The summed E-state index contributed by atoms with van der Waals surface area (Å²) in [6.07, 6.45) is 0. The smallest absolute Gasteiger partial charge is 0.377 e. The highest BCUT2D eigenvalue weighted by Crippen LogP contribution is 2.23. The molecule has 0 aromatic rings. The zero-order valence-electron chi connectivity index (χ0n) is 13.6. The van der Waals surface area contributed by atoms with E-state index in [1.54, 1.807) is 21.3 Å². The molecule has 0 bridgehead atoms. The summed E-state index contributed by atoms with van der Waals surface area (Å²) >= 11 is 0. The van der Waals surface area contributed by atoms with E-state index in [9.17, 15) is 0 Å². The zero-order valence-corrected chi connectivity index (χ0v) is 16.6. The van der Waals surface area contributed by atoms with E-state index in [1.807, 2.05) is 0 Å². The normalized spacial score (nSPS) is 14.3. The molecule has 0 amide bonds. The average molecular weight is 310 g/mol. The van der Waals surface area contributed by atoms with Crippen LogP contribution in [-0.2, 0) is 13.3 Å². The van der Waals surface area contributed by atoms with Crippen LogP contribution in [0.4, 0.5) is 0 Å². The van der Waals surface area contributed by atoms with Gasteiger partial charge in [0.15, 0.2) is 0 Å². The van der Waals surface area contributed by atoms with Crippen molar-refractivity contribution in [3.8, 4) is 0 Å². The van der Waals surface area contributed by atoms with Gasteiger partial charge in [-0.05, 0) is 6.54 Å². The fraction of sp³-hybridized carbons (Fsp3) is 1.00. The van der Waals surface area contributed by atoms with Crippen LogP contribution < -0.4 is 0 Å². The van der Waals surface area contributed by atoms with Gasteiger partial charge >= 0.3 is 8.80 Å². The second-order valence-electron chi connectivity index (χ2n) is 6.54. The Kier molecular flexibility index (Phi) is 6.96. The minimum Gasteiger partial charge on any atom is -0.377 e. The summed E-state index contributed by atoms with van der Waals surface area (Å²) in [5, 5.41) is 0. The first-order valence-electron chi connectivity index (χ1n) is 6.45. The van der Waals surface area contributed by atoms with Crippen LogP contribution in [0.5, 0.6) is 0 Å². The maximum Gasteiger partial charge on any atom is 0.501 e. The molecule has 0 atom stereocenters. The van der Waals surface area contributed by atoms with Gasteiger partial charge in [-0.15, -0.1) is 0 Å². The lowest BCUT2D eigenvalue weighted by Crippen LogP contribution is -2.60. The van der Waals surface area contributed by atoms with Gasteiger partial charge in [0, 0.05) is 27.4 Å². The molecule has 0 aliphatic carbocycles. The minimum absolute atomic E-state index is 0.866. The quantitative estimate of drug-likeness (QED) is 0.645. The molecule has 4 nitrogen and oxygen atoms in total. The summed E-state index contributed by atoms with van der Waals surface area (Å²) in [7, 11) is 0.00734. The predicted molar refractivity (Wildman–Crippen MR) is 85.0 cm³/mol. The van der Waals surface area contributed by atoms with Crippen molar-refractivity contribution in [1.29, 1.82) is 0 Å². The monoisotopic (exact) mass is 309 g/mol. The summed E-state index contributed by atoms with van der Waals surface area (Å²) in [6, 6.07) is 0.866. The molecular formula is C11H31NO3Si3. The van der Waals surface area contributed by atoms with Crippen LogP contribution in [0, 0.1) is 0 Å². The fourth-order valence-corrected chi connectivity index (χ4v) is 14.2. The highest BCUT2D eigenvalue weighted by molar-refractivity contribution is 6.89. The fourth-order valence-electron chi connectivity index (χ4n) is 2.48. The highest BCUT2D eigenvalue weighted by atomic mass is 28.4. The molecule has 0 spiro atoms. The Morgan fingerprint density at radius 1 is 0.722 bits per heavy atom. The topological polar surface area (TPSA) is 30.9 Å². The molecule has 18 heavy (non-hydrogen) atoms. The number of hydrogen-bond donors (Lipinski definition) is 0. The van der Waals surface area contributed by atoms with Gasteiger partial charge in [0.1, 0.15) is 16.5 Å². The van der Waals surface area contributed by atoms with Crippen molar-refractivity contribution in [1.82, 2.24) is 4.23 Å². The van der Waals surface area contributed by atoms with Gasteiger partial charge in [0.25, 0.3) is 0 Å². The van der Waals surface area contributed by atoms with Crippen LogP contribution >= 0.6 is 0 Å². The van der Waals surface area contributed by atoms with Gasteiger partial charge in [0.05, 0.1) is 0 Å². The lowest BCUT2D eigenvalue weighted by Gasteiger charge is -2.44. The molecule has 0 aliphatic heterocycles. The molecule has 0 saturated heterocycles. The van der Waals surface area contributed by atoms with Gasteiger partial charge in [0.2, 0.25) is 0 Å². The molecule has 0 radical (unpaired) electrons. The summed E-state index contributed by atoms with van der Waals surface area (Å²) < 4.78 is 19.3. The molecule has 0 saturated carbocycles. The maximum atomic E-state index is 5.51. The summed E-state index contributed by atoms with van der Waals surface area (Å²) in [5.74, 6) is 0. The lowest BCUT2D eigenvalue weighted by molar-refractivity contribution is 0.123. The third-order valence-electron chi connectivity index (χ3n) is 3.19. The SMILES string of the molecule is CO[Si](CCN([Si](C)(C)C)[Si](C)(C)C)(OC)OC. The second kappa shape index (κ2) is 6.78. The molecule has 0 fully saturated rings. The first-order chi connectivity index (χ1) is 8.02. The van der Waals surface area contributed by atoms with Crippen molar-refractivity contribution >= 4 is 25.3 Å². The van der Waals surface area contributed by atoms with E-state index in [0.717, 1.165) is 12.6 Å². The largest absolute Gasteiger partial charge is 0.501 e. The zero-order chi connectivity index (χ0) is 14.6. The van der Waals surface area contributed by atoms with E-state index >= 15 is 0 Å². The molecule has 0 aliphatic rings. The Balaban J connectivity index is 4.83. The minimum atomic E-state index is -2.43. The Bertz CT molecular complexity index is 225. The first-order valence-corrected chi connectivity index (χ1v) is 15.3. The van der Waals surface area contributed by atoms with Crippen molar-refractivity contribution in [2.45, 2.75) is 45.3 Å². The van der Waals surface area contributed by atoms with E-state index in [4.69, 9.17) is 13.3 Å². The van der Waals surface area contributed by atoms with Crippen LogP contribution in [0.1, 0.15) is 0 Å². The van der Waals surface area contributed by atoms with Gasteiger partial charge in [-0.3, -0.25) is 0 Å². The molecule has 0 unspecified atom stereocenters.